The molecule has 8 atom stereocenters. The van der Waals surface area contributed by atoms with Crippen LogP contribution in [0.2, 0.25) is 0 Å². The lowest BCUT2D eigenvalue weighted by molar-refractivity contribution is -0.324. The molecular formula is C33H36O11. The van der Waals surface area contributed by atoms with Crippen LogP contribution in [0.4, 0.5) is 0 Å². The zero-order valence-corrected chi connectivity index (χ0v) is 25.4. The van der Waals surface area contributed by atoms with Gasteiger partial charge in [0.05, 0.1) is 28.1 Å². The second-order valence-corrected chi connectivity index (χ2v) is 12.6. The maximum atomic E-state index is 13.8. The van der Waals surface area contributed by atoms with Crippen molar-refractivity contribution in [1.82, 2.24) is 0 Å². The Morgan fingerprint density at radius 3 is 1.75 bits per heavy atom. The van der Waals surface area contributed by atoms with Crippen molar-refractivity contribution in [2.24, 2.45) is 11.3 Å². The van der Waals surface area contributed by atoms with E-state index in [1.54, 1.807) is 62.4 Å². The second kappa shape index (κ2) is 10.8. The number of esters is 4. The minimum Gasteiger partial charge on any atom is -0.459 e. The maximum absolute atomic E-state index is 13.8. The molecule has 0 amide bonds. The fourth-order valence-corrected chi connectivity index (χ4v) is 7.66. The van der Waals surface area contributed by atoms with Gasteiger partial charge in [0.25, 0.3) is 0 Å². The molecule has 2 aromatic carbocycles. The van der Waals surface area contributed by atoms with Crippen LogP contribution in [0.25, 0.3) is 0 Å². The number of rotatable bonds is 6. The van der Waals surface area contributed by atoms with Crippen molar-refractivity contribution in [3.8, 4) is 0 Å². The lowest BCUT2D eigenvalue weighted by Crippen LogP contribution is -2.83. The van der Waals surface area contributed by atoms with Crippen LogP contribution in [0.3, 0.4) is 0 Å². The van der Waals surface area contributed by atoms with Crippen LogP contribution < -0.4 is 0 Å². The fraction of sp³-hybridized carbons (Fsp3) is 0.485. The van der Waals surface area contributed by atoms with Crippen LogP contribution in [0.1, 0.15) is 68.7 Å². The number of benzene rings is 2. The predicted octanol–water partition coefficient (Wildman–Crippen LogP) is 3.21. The number of fused-ring (bicyclic) bond motifs is 1. The molecule has 1 saturated heterocycles. The van der Waals surface area contributed by atoms with E-state index in [1.807, 2.05) is 0 Å². The van der Waals surface area contributed by atoms with Gasteiger partial charge < -0.3 is 28.8 Å². The summed E-state index contributed by atoms with van der Waals surface area (Å²) >= 11 is 0. The highest BCUT2D eigenvalue weighted by molar-refractivity contribution is 5.92. The van der Waals surface area contributed by atoms with Gasteiger partial charge in [-0.3, -0.25) is 14.4 Å². The monoisotopic (exact) mass is 608 g/mol. The summed E-state index contributed by atoms with van der Waals surface area (Å²) < 4.78 is 30.6. The highest BCUT2D eigenvalue weighted by Crippen LogP contribution is 2.68. The molecule has 1 heterocycles. The molecule has 1 spiro atoms. The minimum absolute atomic E-state index is 0.158. The van der Waals surface area contributed by atoms with Crippen LogP contribution in [-0.4, -0.2) is 76.0 Å². The highest BCUT2D eigenvalue weighted by atomic mass is 16.6. The van der Waals surface area contributed by atoms with Gasteiger partial charge in [0.2, 0.25) is 0 Å². The van der Waals surface area contributed by atoms with E-state index >= 15 is 0 Å². The quantitative estimate of drug-likeness (QED) is 0.380. The third kappa shape index (κ3) is 4.69. The smallest absolute Gasteiger partial charge is 0.338 e. The zero-order valence-electron chi connectivity index (χ0n) is 25.4. The van der Waals surface area contributed by atoms with E-state index in [9.17, 15) is 29.1 Å². The Hall–Kier alpha value is -4.09. The van der Waals surface area contributed by atoms with Crippen molar-refractivity contribution < 1.29 is 52.8 Å². The molecule has 8 unspecified atom stereocenters. The van der Waals surface area contributed by atoms with Gasteiger partial charge in [-0.15, -0.1) is 0 Å². The van der Waals surface area contributed by atoms with E-state index in [-0.39, 0.29) is 11.1 Å². The van der Waals surface area contributed by atoms with Crippen LogP contribution in [0, 0.1) is 11.3 Å². The molecule has 1 aliphatic heterocycles. The van der Waals surface area contributed by atoms with Gasteiger partial charge in [-0.05, 0) is 52.0 Å². The predicted molar refractivity (Wildman–Crippen MR) is 152 cm³/mol. The SMILES string of the molecule is CC(=O)OC1C(=O)CC(C)(O)C23OC(C)(C)C(C(OC(=O)c4ccccc4)C(OC(=O)c4ccccc4)C12C)C3OC(C)=O. The Labute approximate surface area is 254 Å². The van der Waals surface area contributed by atoms with Gasteiger partial charge >= 0.3 is 23.9 Å². The third-order valence-corrected chi connectivity index (χ3v) is 9.23. The standard InChI is InChI=1S/C33H36O11/c1-18(34)40-25-22(36)17-31(5,39)33-26(41-19(2)35)23(30(3,4)44-33)24(42-28(37)20-13-9-7-10-14-20)27(32(25,33)6)43-29(38)21-15-11-8-12-16-21/h7-16,23-27,39H,17H2,1-6H3. The van der Waals surface area contributed by atoms with Crippen LogP contribution >= 0.6 is 0 Å². The van der Waals surface area contributed by atoms with E-state index in [1.165, 1.54) is 32.9 Å². The largest absolute Gasteiger partial charge is 0.459 e. The molecule has 2 aliphatic carbocycles. The highest BCUT2D eigenvalue weighted by Gasteiger charge is 2.87. The summed E-state index contributed by atoms with van der Waals surface area (Å²) in [6.07, 6.45) is -6.47. The van der Waals surface area contributed by atoms with Gasteiger partial charge in [0.15, 0.2) is 18.0 Å². The topological polar surface area (TPSA) is 152 Å². The average Bonchev–Trinajstić information content (AvgIpc) is 3.16. The summed E-state index contributed by atoms with van der Waals surface area (Å²) in [5.41, 5.74) is -6.92. The molecule has 1 N–H and O–H groups in total. The van der Waals surface area contributed by atoms with Crippen molar-refractivity contribution in [1.29, 1.82) is 0 Å². The number of ketones is 1. The second-order valence-electron chi connectivity index (χ2n) is 12.6. The first-order valence-corrected chi connectivity index (χ1v) is 14.4. The Kier molecular flexibility index (Phi) is 7.70. The molecule has 0 radical (unpaired) electrons. The first-order chi connectivity index (χ1) is 20.6. The molecule has 11 heteroatoms. The van der Waals surface area contributed by atoms with Crippen LogP contribution in [0.5, 0.6) is 0 Å². The summed E-state index contributed by atoms with van der Waals surface area (Å²) in [5, 5.41) is 12.1. The van der Waals surface area contributed by atoms with Gasteiger partial charge in [-0.1, -0.05) is 36.4 Å². The molecule has 234 valence electrons. The molecule has 0 aromatic heterocycles. The zero-order chi connectivity index (χ0) is 32.2. The lowest BCUT2D eigenvalue weighted by Gasteiger charge is -2.64. The Balaban J connectivity index is 1.79. The Morgan fingerprint density at radius 1 is 0.750 bits per heavy atom. The average molecular weight is 609 g/mol. The first-order valence-electron chi connectivity index (χ1n) is 14.4. The molecular weight excluding hydrogens is 572 g/mol. The maximum Gasteiger partial charge on any atom is 0.338 e. The van der Waals surface area contributed by atoms with Crippen molar-refractivity contribution >= 4 is 29.7 Å². The number of carbonyl (C=O) groups is 5. The van der Waals surface area contributed by atoms with Crippen molar-refractivity contribution in [2.75, 3.05) is 0 Å². The van der Waals surface area contributed by atoms with Crippen molar-refractivity contribution in [3.05, 3.63) is 71.8 Å². The molecule has 2 saturated carbocycles. The number of Topliss-reactive ketones (excluding diaryl/α,β-unsaturated/α-hetero) is 1. The van der Waals surface area contributed by atoms with Crippen LogP contribution in [-0.2, 0) is 38.1 Å². The van der Waals surface area contributed by atoms with E-state index in [0.29, 0.717) is 0 Å². The molecule has 44 heavy (non-hydrogen) atoms. The van der Waals surface area contributed by atoms with Gasteiger partial charge in [-0.2, -0.15) is 0 Å². The molecule has 2 bridgehead atoms. The number of aliphatic hydroxyl groups is 1. The van der Waals surface area contributed by atoms with E-state index in [2.05, 4.69) is 0 Å². The van der Waals surface area contributed by atoms with Gasteiger partial charge in [0.1, 0.15) is 23.4 Å². The van der Waals surface area contributed by atoms with Crippen molar-refractivity contribution in [3.63, 3.8) is 0 Å². The van der Waals surface area contributed by atoms with E-state index < -0.39 is 88.6 Å². The van der Waals surface area contributed by atoms with Crippen LogP contribution in [0.15, 0.2) is 60.7 Å². The summed E-state index contributed by atoms with van der Waals surface area (Å²) in [6, 6.07) is 16.1. The number of carbonyl (C=O) groups excluding carboxylic acids is 5. The minimum atomic E-state index is -2.03. The number of hydrogen-bond acceptors (Lipinski definition) is 11. The Morgan fingerprint density at radius 2 is 1.25 bits per heavy atom. The molecule has 3 fully saturated rings. The molecule has 5 rings (SSSR count). The Bertz CT molecular complexity index is 1480. The molecule has 2 aromatic rings. The normalized spacial score (nSPS) is 35.2. The summed E-state index contributed by atoms with van der Waals surface area (Å²) in [7, 11) is 0. The summed E-state index contributed by atoms with van der Waals surface area (Å²) in [5.74, 6) is -4.85. The fourth-order valence-electron chi connectivity index (χ4n) is 7.66. The number of ether oxygens (including phenoxy) is 5. The van der Waals surface area contributed by atoms with Gasteiger partial charge in [-0.25, -0.2) is 9.59 Å². The van der Waals surface area contributed by atoms with E-state index in [0.717, 1.165) is 6.92 Å². The summed E-state index contributed by atoms with van der Waals surface area (Å²) in [6.45, 7) is 8.46. The van der Waals surface area contributed by atoms with Gasteiger partial charge in [0, 0.05) is 20.3 Å². The first kappa shape index (κ1) is 31.3. The van der Waals surface area contributed by atoms with Crippen molar-refractivity contribution in [2.45, 2.75) is 89.2 Å². The number of hydrogen-bond donors (Lipinski definition) is 1. The lowest BCUT2D eigenvalue weighted by atomic mass is 9.46. The molecule has 11 nitrogen and oxygen atoms in total. The van der Waals surface area contributed by atoms with E-state index in [4.69, 9.17) is 23.7 Å². The third-order valence-electron chi connectivity index (χ3n) is 9.23. The molecule has 3 aliphatic rings. The summed E-state index contributed by atoms with van der Waals surface area (Å²) in [4.78, 5) is 66.2.